The standard InChI is InChI=1S/C20H24N2O3/c1-24-19-10-6-5-9-18(19)22-12-11-16(14-22)13-21-20(23)15-25-17-7-3-2-4-8-17/h2-10,16H,11-15H2,1H3,(H,21,23)/t16-/m0/s1. The van der Waals surface area contributed by atoms with Crippen LogP contribution in [0.1, 0.15) is 6.42 Å². The Morgan fingerprint density at radius 2 is 1.92 bits per heavy atom. The summed E-state index contributed by atoms with van der Waals surface area (Å²) in [7, 11) is 1.69. The van der Waals surface area contributed by atoms with Crippen LogP contribution in [0, 0.1) is 5.92 Å². The van der Waals surface area contributed by atoms with Crippen molar-refractivity contribution in [1.82, 2.24) is 5.32 Å². The van der Waals surface area contributed by atoms with Crippen molar-refractivity contribution in [3.8, 4) is 11.5 Å². The Hall–Kier alpha value is -2.69. The van der Waals surface area contributed by atoms with Gasteiger partial charge in [0.25, 0.3) is 5.91 Å². The summed E-state index contributed by atoms with van der Waals surface area (Å²) in [6.45, 7) is 2.61. The van der Waals surface area contributed by atoms with Gasteiger partial charge < -0.3 is 19.7 Å². The number of benzene rings is 2. The first-order valence-electron chi connectivity index (χ1n) is 8.59. The van der Waals surface area contributed by atoms with Gasteiger partial charge >= 0.3 is 0 Å². The molecule has 0 saturated carbocycles. The zero-order valence-corrected chi connectivity index (χ0v) is 14.5. The molecule has 1 fully saturated rings. The Labute approximate surface area is 148 Å². The fourth-order valence-corrected chi connectivity index (χ4v) is 3.08. The van der Waals surface area contributed by atoms with Crippen molar-refractivity contribution in [2.45, 2.75) is 6.42 Å². The van der Waals surface area contributed by atoms with Crippen molar-refractivity contribution in [2.24, 2.45) is 5.92 Å². The number of ether oxygens (including phenoxy) is 2. The average molecular weight is 340 g/mol. The molecule has 132 valence electrons. The van der Waals surface area contributed by atoms with Gasteiger partial charge in [-0.25, -0.2) is 0 Å². The second-order valence-corrected chi connectivity index (χ2v) is 6.18. The molecule has 0 aromatic heterocycles. The molecular weight excluding hydrogens is 316 g/mol. The minimum atomic E-state index is -0.0837. The van der Waals surface area contributed by atoms with Gasteiger partial charge in [-0.3, -0.25) is 4.79 Å². The molecule has 1 saturated heterocycles. The van der Waals surface area contributed by atoms with E-state index in [2.05, 4.69) is 16.3 Å². The predicted octanol–water partition coefficient (Wildman–Crippen LogP) is 2.72. The van der Waals surface area contributed by atoms with Crippen LogP contribution >= 0.6 is 0 Å². The number of nitrogens with one attached hydrogen (secondary N) is 1. The molecule has 1 amide bonds. The van der Waals surface area contributed by atoms with Crippen LogP contribution in [-0.2, 0) is 4.79 Å². The van der Waals surface area contributed by atoms with Crippen molar-refractivity contribution in [2.75, 3.05) is 38.3 Å². The summed E-state index contributed by atoms with van der Waals surface area (Å²) in [6, 6.07) is 17.4. The topological polar surface area (TPSA) is 50.8 Å². The summed E-state index contributed by atoms with van der Waals surface area (Å²) in [5.41, 5.74) is 1.12. The molecule has 5 heteroatoms. The third-order valence-corrected chi connectivity index (χ3v) is 4.41. The Bertz CT molecular complexity index is 690. The van der Waals surface area contributed by atoms with Crippen LogP contribution in [0.25, 0.3) is 0 Å². The first kappa shape index (κ1) is 17.1. The van der Waals surface area contributed by atoms with E-state index in [0.29, 0.717) is 18.2 Å². The number of carbonyl (C=O) groups excluding carboxylic acids is 1. The minimum absolute atomic E-state index is 0.0486. The molecular formula is C20H24N2O3. The van der Waals surface area contributed by atoms with Crippen LogP contribution in [0.2, 0.25) is 0 Å². The van der Waals surface area contributed by atoms with Crippen molar-refractivity contribution in [1.29, 1.82) is 0 Å². The average Bonchev–Trinajstić information content (AvgIpc) is 3.14. The lowest BCUT2D eigenvalue weighted by Gasteiger charge is -2.21. The highest BCUT2D eigenvalue weighted by Gasteiger charge is 2.24. The van der Waals surface area contributed by atoms with Gasteiger partial charge in [-0.2, -0.15) is 0 Å². The number of hydrogen-bond donors (Lipinski definition) is 1. The van der Waals surface area contributed by atoms with E-state index in [9.17, 15) is 4.79 Å². The Kier molecular flexibility index (Phi) is 5.77. The SMILES string of the molecule is COc1ccccc1N1CC[C@@H](CNC(=O)COc2ccccc2)C1. The first-order chi connectivity index (χ1) is 12.3. The first-order valence-corrected chi connectivity index (χ1v) is 8.59. The molecule has 0 unspecified atom stereocenters. The molecule has 2 aromatic rings. The molecule has 3 rings (SSSR count). The van der Waals surface area contributed by atoms with Crippen LogP contribution in [0.5, 0.6) is 11.5 Å². The van der Waals surface area contributed by atoms with E-state index in [1.807, 2.05) is 48.5 Å². The second-order valence-electron chi connectivity index (χ2n) is 6.18. The number of para-hydroxylation sites is 3. The summed E-state index contributed by atoms with van der Waals surface area (Å²) in [4.78, 5) is 14.3. The van der Waals surface area contributed by atoms with Gasteiger partial charge in [-0.15, -0.1) is 0 Å². The van der Waals surface area contributed by atoms with E-state index < -0.39 is 0 Å². The number of rotatable bonds is 7. The molecule has 1 aliphatic heterocycles. The second kappa shape index (κ2) is 8.42. The van der Waals surface area contributed by atoms with E-state index in [0.717, 1.165) is 30.9 Å². The largest absolute Gasteiger partial charge is 0.495 e. The quantitative estimate of drug-likeness (QED) is 0.842. The number of carbonyl (C=O) groups is 1. The summed E-state index contributed by atoms with van der Waals surface area (Å²) >= 11 is 0. The van der Waals surface area contributed by atoms with Gasteiger partial charge in [0.05, 0.1) is 12.8 Å². The van der Waals surface area contributed by atoms with Crippen molar-refractivity contribution in [3.05, 3.63) is 54.6 Å². The van der Waals surface area contributed by atoms with E-state index >= 15 is 0 Å². The number of hydrogen-bond acceptors (Lipinski definition) is 4. The molecule has 1 atom stereocenters. The summed E-state index contributed by atoms with van der Waals surface area (Å²) in [5, 5.41) is 2.97. The maximum atomic E-state index is 12.0. The molecule has 1 heterocycles. The highest BCUT2D eigenvalue weighted by molar-refractivity contribution is 5.77. The van der Waals surface area contributed by atoms with Crippen LogP contribution in [0.4, 0.5) is 5.69 Å². The number of nitrogens with zero attached hydrogens (tertiary/aromatic N) is 1. The lowest BCUT2D eigenvalue weighted by Crippen LogP contribution is -2.34. The fourth-order valence-electron chi connectivity index (χ4n) is 3.08. The molecule has 25 heavy (non-hydrogen) atoms. The zero-order chi connectivity index (χ0) is 17.5. The highest BCUT2D eigenvalue weighted by Crippen LogP contribution is 2.31. The van der Waals surface area contributed by atoms with Crippen molar-refractivity contribution >= 4 is 11.6 Å². The maximum Gasteiger partial charge on any atom is 0.257 e. The monoisotopic (exact) mass is 340 g/mol. The highest BCUT2D eigenvalue weighted by atomic mass is 16.5. The third kappa shape index (κ3) is 4.66. The minimum Gasteiger partial charge on any atom is -0.495 e. The molecule has 0 radical (unpaired) electrons. The summed E-state index contributed by atoms with van der Waals surface area (Å²) in [6.07, 6.45) is 1.05. The van der Waals surface area contributed by atoms with Gasteiger partial charge in [-0.05, 0) is 36.6 Å². The van der Waals surface area contributed by atoms with Gasteiger partial charge in [0.2, 0.25) is 0 Å². The van der Waals surface area contributed by atoms with E-state index in [4.69, 9.17) is 9.47 Å². The van der Waals surface area contributed by atoms with Crippen LogP contribution in [0.15, 0.2) is 54.6 Å². The van der Waals surface area contributed by atoms with Gasteiger partial charge in [0.15, 0.2) is 6.61 Å². The molecule has 2 aromatic carbocycles. The van der Waals surface area contributed by atoms with Gasteiger partial charge in [0, 0.05) is 19.6 Å². The van der Waals surface area contributed by atoms with Crippen LogP contribution in [0.3, 0.4) is 0 Å². The number of methoxy groups -OCH3 is 1. The van der Waals surface area contributed by atoms with Crippen LogP contribution in [-0.4, -0.2) is 39.3 Å². The third-order valence-electron chi connectivity index (χ3n) is 4.41. The normalized spacial score (nSPS) is 16.5. The zero-order valence-electron chi connectivity index (χ0n) is 14.5. The molecule has 1 N–H and O–H groups in total. The lowest BCUT2D eigenvalue weighted by atomic mass is 10.1. The van der Waals surface area contributed by atoms with Crippen LogP contribution < -0.4 is 19.7 Å². The Morgan fingerprint density at radius 3 is 2.72 bits per heavy atom. The molecule has 5 nitrogen and oxygen atoms in total. The number of anilines is 1. The summed E-state index contributed by atoms with van der Waals surface area (Å²) in [5.74, 6) is 1.95. The Morgan fingerprint density at radius 1 is 1.16 bits per heavy atom. The smallest absolute Gasteiger partial charge is 0.257 e. The van der Waals surface area contributed by atoms with Gasteiger partial charge in [-0.1, -0.05) is 30.3 Å². The molecule has 0 spiro atoms. The van der Waals surface area contributed by atoms with Crippen molar-refractivity contribution in [3.63, 3.8) is 0 Å². The van der Waals surface area contributed by atoms with Gasteiger partial charge in [0.1, 0.15) is 11.5 Å². The molecule has 0 bridgehead atoms. The predicted molar refractivity (Wildman–Crippen MR) is 98.3 cm³/mol. The lowest BCUT2D eigenvalue weighted by molar-refractivity contribution is -0.123. The van der Waals surface area contributed by atoms with Crippen molar-refractivity contribution < 1.29 is 14.3 Å². The molecule has 1 aliphatic rings. The van der Waals surface area contributed by atoms with E-state index in [-0.39, 0.29) is 12.5 Å². The Balaban J connectivity index is 1.43. The van der Waals surface area contributed by atoms with E-state index in [1.54, 1.807) is 7.11 Å². The number of amides is 1. The summed E-state index contributed by atoms with van der Waals surface area (Å²) < 4.78 is 10.9. The van der Waals surface area contributed by atoms with E-state index in [1.165, 1.54) is 0 Å². The molecule has 0 aliphatic carbocycles. The fraction of sp³-hybridized carbons (Fsp3) is 0.350. The maximum absolute atomic E-state index is 12.0.